The van der Waals surface area contributed by atoms with E-state index in [0.717, 1.165) is 4.31 Å². The first-order chi connectivity index (χ1) is 16.7. The van der Waals surface area contributed by atoms with Crippen LogP contribution < -0.4 is 5.43 Å². The normalized spacial score (nSPS) is 11.5. The fraction of sp³-hybridized carbons (Fsp3) is 0.125. The van der Waals surface area contributed by atoms with Crippen molar-refractivity contribution in [3.05, 3.63) is 99.5 Å². The smallest absolute Gasteiger partial charge is 0.337 e. The number of carbonyl (C=O) groups excluding carboxylic acids is 2. The van der Waals surface area contributed by atoms with E-state index < -0.39 is 28.4 Å². The van der Waals surface area contributed by atoms with Gasteiger partial charge in [-0.3, -0.25) is 4.79 Å². The highest BCUT2D eigenvalue weighted by atomic mass is 35.5. The number of sulfonamides is 1. The summed E-state index contributed by atoms with van der Waals surface area (Å²) >= 11 is 11.9. The van der Waals surface area contributed by atoms with Gasteiger partial charge in [-0.2, -0.15) is 9.41 Å². The molecule has 0 heterocycles. The molecule has 0 aliphatic heterocycles. The second-order valence-electron chi connectivity index (χ2n) is 7.26. The van der Waals surface area contributed by atoms with Crippen LogP contribution in [0.5, 0.6) is 0 Å². The number of rotatable bonds is 9. The molecule has 1 N–H and O–H groups in total. The molecule has 0 aliphatic carbocycles. The third kappa shape index (κ3) is 7.37. The molecule has 0 aromatic heterocycles. The predicted octanol–water partition coefficient (Wildman–Crippen LogP) is 4.12. The second-order valence-corrected chi connectivity index (χ2v) is 10.1. The van der Waals surface area contributed by atoms with Crippen LogP contribution in [0, 0.1) is 0 Å². The Hall–Kier alpha value is -3.24. The number of ether oxygens (including phenoxy) is 1. The minimum atomic E-state index is -4.04. The lowest BCUT2D eigenvalue weighted by Gasteiger charge is -2.21. The number of hydrogen-bond donors (Lipinski definition) is 1. The number of amides is 1. The summed E-state index contributed by atoms with van der Waals surface area (Å²) in [5.41, 5.74) is 3.92. The SMILES string of the molecule is COC(=O)c1ccc(/C=N\NC(=O)CN(Cc2cccc(Cl)c2)S(=O)(=O)c2ccc(Cl)cc2)cc1. The third-order valence-electron chi connectivity index (χ3n) is 4.75. The average molecular weight is 534 g/mol. The van der Waals surface area contributed by atoms with Crippen molar-refractivity contribution < 1.29 is 22.7 Å². The van der Waals surface area contributed by atoms with Gasteiger partial charge in [0.2, 0.25) is 10.0 Å². The van der Waals surface area contributed by atoms with E-state index in [0.29, 0.717) is 26.7 Å². The average Bonchev–Trinajstić information content (AvgIpc) is 2.84. The van der Waals surface area contributed by atoms with Gasteiger partial charge in [0.05, 0.1) is 30.3 Å². The Morgan fingerprint density at radius 2 is 1.69 bits per heavy atom. The minimum absolute atomic E-state index is 0.00840. The summed E-state index contributed by atoms with van der Waals surface area (Å²) < 4.78 is 32.2. The molecule has 35 heavy (non-hydrogen) atoms. The molecule has 0 fully saturated rings. The van der Waals surface area contributed by atoms with Crippen LogP contribution in [0.1, 0.15) is 21.5 Å². The number of halogens is 2. The van der Waals surface area contributed by atoms with Gasteiger partial charge in [-0.05, 0) is 59.7 Å². The van der Waals surface area contributed by atoms with Crippen molar-refractivity contribution in [1.82, 2.24) is 9.73 Å². The Kier molecular flexibility index (Phi) is 9.00. The van der Waals surface area contributed by atoms with E-state index in [1.165, 1.54) is 37.6 Å². The largest absolute Gasteiger partial charge is 0.465 e. The first-order valence-electron chi connectivity index (χ1n) is 10.2. The summed E-state index contributed by atoms with van der Waals surface area (Å²) in [6, 6.07) is 18.7. The van der Waals surface area contributed by atoms with Crippen LogP contribution in [0.3, 0.4) is 0 Å². The van der Waals surface area contributed by atoms with Crippen molar-refractivity contribution >= 4 is 51.3 Å². The van der Waals surface area contributed by atoms with Gasteiger partial charge < -0.3 is 4.74 Å². The van der Waals surface area contributed by atoms with Crippen molar-refractivity contribution in [2.45, 2.75) is 11.4 Å². The molecule has 0 atom stereocenters. The summed E-state index contributed by atoms with van der Waals surface area (Å²) in [5, 5.41) is 4.71. The Labute approximate surface area is 213 Å². The van der Waals surface area contributed by atoms with Crippen LogP contribution in [0.2, 0.25) is 10.0 Å². The topological polar surface area (TPSA) is 105 Å². The van der Waals surface area contributed by atoms with Gasteiger partial charge in [-0.25, -0.2) is 18.6 Å². The molecule has 1 amide bonds. The monoisotopic (exact) mass is 533 g/mol. The molecular weight excluding hydrogens is 513 g/mol. The number of nitrogens with zero attached hydrogens (tertiary/aromatic N) is 2. The van der Waals surface area contributed by atoms with Gasteiger partial charge in [0.1, 0.15) is 0 Å². The van der Waals surface area contributed by atoms with E-state index in [-0.39, 0.29) is 11.4 Å². The number of carbonyl (C=O) groups is 2. The molecule has 0 saturated carbocycles. The number of hydrazone groups is 1. The summed E-state index contributed by atoms with van der Waals surface area (Å²) in [5.74, 6) is -1.12. The van der Waals surface area contributed by atoms with E-state index in [4.69, 9.17) is 23.2 Å². The molecule has 0 saturated heterocycles. The van der Waals surface area contributed by atoms with E-state index in [9.17, 15) is 18.0 Å². The molecule has 0 bridgehead atoms. The lowest BCUT2D eigenvalue weighted by Crippen LogP contribution is -2.39. The fourth-order valence-electron chi connectivity index (χ4n) is 3.02. The van der Waals surface area contributed by atoms with Crippen molar-refractivity contribution in [2.75, 3.05) is 13.7 Å². The Bertz CT molecular complexity index is 1330. The Morgan fingerprint density at radius 1 is 1.00 bits per heavy atom. The second kappa shape index (κ2) is 11.9. The molecule has 182 valence electrons. The number of hydrogen-bond acceptors (Lipinski definition) is 6. The lowest BCUT2D eigenvalue weighted by atomic mass is 10.1. The lowest BCUT2D eigenvalue weighted by molar-refractivity contribution is -0.121. The summed E-state index contributed by atoms with van der Waals surface area (Å²) in [6.45, 7) is -0.576. The van der Waals surface area contributed by atoms with Crippen molar-refractivity contribution in [3.63, 3.8) is 0 Å². The minimum Gasteiger partial charge on any atom is -0.465 e. The highest BCUT2D eigenvalue weighted by Crippen LogP contribution is 2.21. The molecule has 0 spiro atoms. The Balaban J connectivity index is 1.75. The van der Waals surface area contributed by atoms with Crippen LogP contribution in [-0.4, -0.2) is 44.5 Å². The fourth-order valence-corrected chi connectivity index (χ4v) is 4.74. The van der Waals surface area contributed by atoms with Gasteiger partial charge in [-0.15, -0.1) is 0 Å². The molecule has 3 aromatic carbocycles. The van der Waals surface area contributed by atoms with Gasteiger partial charge in [0.25, 0.3) is 5.91 Å². The van der Waals surface area contributed by atoms with E-state index in [1.807, 2.05) is 0 Å². The summed E-state index contributed by atoms with van der Waals surface area (Å²) in [6.07, 6.45) is 1.37. The van der Waals surface area contributed by atoms with Crippen molar-refractivity contribution in [2.24, 2.45) is 5.10 Å². The van der Waals surface area contributed by atoms with Crippen molar-refractivity contribution in [1.29, 1.82) is 0 Å². The van der Waals surface area contributed by atoms with E-state index in [1.54, 1.807) is 48.5 Å². The molecule has 8 nitrogen and oxygen atoms in total. The number of nitrogens with one attached hydrogen (secondary N) is 1. The highest BCUT2D eigenvalue weighted by Gasteiger charge is 2.27. The zero-order valence-electron chi connectivity index (χ0n) is 18.5. The maximum Gasteiger partial charge on any atom is 0.337 e. The molecule has 0 aliphatic rings. The summed E-state index contributed by atoms with van der Waals surface area (Å²) in [4.78, 5) is 24.1. The zero-order valence-corrected chi connectivity index (χ0v) is 20.8. The number of benzene rings is 3. The molecule has 3 rings (SSSR count). The van der Waals surface area contributed by atoms with Crippen LogP contribution in [-0.2, 0) is 26.1 Å². The quantitative estimate of drug-likeness (QED) is 0.253. The third-order valence-corrected chi connectivity index (χ3v) is 7.05. The van der Waals surface area contributed by atoms with Crippen LogP contribution in [0.25, 0.3) is 0 Å². The predicted molar refractivity (Wildman–Crippen MR) is 134 cm³/mol. The summed E-state index contributed by atoms with van der Waals surface area (Å²) in [7, 11) is -2.75. The van der Waals surface area contributed by atoms with Gasteiger partial charge >= 0.3 is 5.97 Å². The van der Waals surface area contributed by atoms with Crippen LogP contribution in [0.4, 0.5) is 0 Å². The van der Waals surface area contributed by atoms with Crippen molar-refractivity contribution in [3.8, 4) is 0 Å². The molecule has 0 unspecified atom stereocenters. The first kappa shape index (κ1) is 26.4. The van der Waals surface area contributed by atoms with Crippen LogP contribution >= 0.6 is 23.2 Å². The maximum atomic E-state index is 13.3. The van der Waals surface area contributed by atoms with E-state index >= 15 is 0 Å². The number of methoxy groups -OCH3 is 1. The molecule has 0 radical (unpaired) electrons. The van der Waals surface area contributed by atoms with Gasteiger partial charge in [0, 0.05) is 16.6 Å². The van der Waals surface area contributed by atoms with Gasteiger partial charge in [-0.1, -0.05) is 47.5 Å². The first-order valence-corrected chi connectivity index (χ1v) is 12.4. The van der Waals surface area contributed by atoms with Gasteiger partial charge in [0.15, 0.2) is 0 Å². The highest BCUT2D eigenvalue weighted by molar-refractivity contribution is 7.89. The molecule has 3 aromatic rings. The van der Waals surface area contributed by atoms with E-state index in [2.05, 4.69) is 15.3 Å². The molecular formula is C24H21Cl2N3O5S. The zero-order chi connectivity index (χ0) is 25.4. The van der Waals surface area contributed by atoms with Crippen LogP contribution in [0.15, 0.2) is 82.8 Å². The standard InChI is InChI=1S/C24H21Cl2N3O5S/c1-34-24(31)19-7-5-17(6-8-19)14-27-28-23(30)16-29(15-18-3-2-4-21(26)13-18)35(32,33)22-11-9-20(25)10-12-22/h2-14H,15-16H2,1H3,(H,28,30)/b27-14-. The maximum absolute atomic E-state index is 13.3. The number of esters is 1. The Morgan fingerprint density at radius 3 is 2.31 bits per heavy atom. The molecule has 11 heteroatoms.